The molecule has 13 heavy (non-hydrogen) atoms. The van der Waals surface area contributed by atoms with Gasteiger partial charge in [-0.05, 0) is 25.2 Å². The first-order valence-corrected chi connectivity index (χ1v) is 4.36. The van der Waals surface area contributed by atoms with Crippen LogP contribution in [0.15, 0.2) is 0 Å². The zero-order valence-electron chi connectivity index (χ0n) is 7.16. The highest BCUT2D eigenvalue weighted by molar-refractivity contribution is 5.67. The number of hydrogen-bond acceptors (Lipinski definition) is 3. The van der Waals surface area contributed by atoms with E-state index < -0.39 is 5.97 Å². The summed E-state index contributed by atoms with van der Waals surface area (Å²) in [7, 11) is 0. The van der Waals surface area contributed by atoms with Crippen LogP contribution in [0.25, 0.3) is 0 Å². The number of aromatic amines is 1. The number of rotatable bonds is 2. The van der Waals surface area contributed by atoms with Crippen molar-refractivity contribution in [2.24, 2.45) is 5.92 Å². The van der Waals surface area contributed by atoms with Gasteiger partial charge < -0.3 is 5.11 Å². The smallest absolute Gasteiger partial charge is 0.303 e. The van der Waals surface area contributed by atoms with Crippen molar-refractivity contribution in [2.45, 2.75) is 25.7 Å². The average Bonchev–Trinajstić information content (AvgIpc) is 2.49. The monoisotopic (exact) mass is 181 g/mol. The summed E-state index contributed by atoms with van der Waals surface area (Å²) in [4.78, 5) is 10.5. The van der Waals surface area contributed by atoms with Crippen LogP contribution >= 0.6 is 0 Å². The summed E-state index contributed by atoms with van der Waals surface area (Å²) < 4.78 is 0. The molecule has 70 valence electrons. The molecule has 0 spiro atoms. The van der Waals surface area contributed by atoms with Gasteiger partial charge in [0, 0.05) is 6.42 Å². The maximum atomic E-state index is 10.5. The molecule has 0 saturated heterocycles. The van der Waals surface area contributed by atoms with Crippen molar-refractivity contribution < 1.29 is 9.90 Å². The lowest BCUT2D eigenvalue weighted by molar-refractivity contribution is -0.138. The van der Waals surface area contributed by atoms with Gasteiger partial charge in [-0.1, -0.05) is 0 Å². The normalized spacial score (nSPS) is 21.1. The Morgan fingerprint density at radius 2 is 2.31 bits per heavy atom. The second-order valence-electron chi connectivity index (χ2n) is 3.42. The summed E-state index contributed by atoms with van der Waals surface area (Å²) in [6, 6.07) is 0. The second kappa shape index (κ2) is 3.16. The van der Waals surface area contributed by atoms with Gasteiger partial charge in [0.1, 0.15) is 0 Å². The molecule has 2 rings (SSSR count). The number of carbonyl (C=O) groups is 1. The number of nitrogens with one attached hydrogen (secondary N) is 1. The van der Waals surface area contributed by atoms with Gasteiger partial charge in [0.05, 0.1) is 11.4 Å². The van der Waals surface area contributed by atoms with Gasteiger partial charge in [0.15, 0.2) is 0 Å². The first kappa shape index (κ1) is 8.22. The molecular formula is C8H11N3O2. The van der Waals surface area contributed by atoms with E-state index in [1.807, 2.05) is 0 Å². The molecule has 5 nitrogen and oxygen atoms in total. The maximum Gasteiger partial charge on any atom is 0.303 e. The Balaban J connectivity index is 2.04. The largest absolute Gasteiger partial charge is 0.481 e. The first-order chi connectivity index (χ1) is 6.25. The van der Waals surface area contributed by atoms with Crippen LogP contribution in [-0.2, 0) is 17.6 Å². The van der Waals surface area contributed by atoms with Gasteiger partial charge in [-0.2, -0.15) is 15.4 Å². The predicted molar refractivity (Wildman–Crippen MR) is 44.2 cm³/mol. The van der Waals surface area contributed by atoms with Crippen LogP contribution in [0.2, 0.25) is 0 Å². The zero-order chi connectivity index (χ0) is 9.26. The standard InChI is InChI=1S/C8H11N3O2/c12-8(13)4-5-1-2-6-7(3-5)10-11-9-6/h5H,1-4H2,(H,12,13)(H,9,10,11). The van der Waals surface area contributed by atoms with E-state index in [9.17, 15) is 4.79 Å². The topological polar surface area (TPSA) is 78.9 Å². The van der Waals surface area contributed by atoms with Gasteiger partial charge in [0.25, 0.3) is 0 Å². The lowest BCUT2D eigenvalue weighted by atomic mass is 9.87. The van der Waals surface area contributed by atoms with Crippen molar-refractivity contribution in [2.75, 3.05) is 0 Å². The Bertz CT molecular complexity index is 321. The molecule has 0 aliphatic heterocycles. The highest BCUT2D eigenvalue weighted by atomic mass is 16.4. The molecule has 0 aromatic carbocycles. The second-order valence-corrected chi connectivity index (χ2v) is 3.42. The SMILES string of the molecule is O=C(O)CC1CCc2n[nH]nc2C1. The minimum absolute atomic E-state index is 0.232. The molecular weight excluding hydrogens is 170 g/mol. The molecule has 1 aromatic rings. The molecule has 1 aliphatic carbocycles. The highest BCUT2D eigenvalue weighted by Gasteiger charge is 2.23. The quantitative estimate of drug-likeness (QED) is 0.691. The van der Waals surface area contributed by atoms with Crippen molar-refractivity contribution in [3.8, 4) is 0 Å². The number of fused-ring (bicyclic) bond motifs is 1. The summed E-state index contributed by atoms with van der Waals surface area (Å²) in [5.74, 6) is -0.493. The van der Waals surface area contributed by atoms with Crippen molar-refractivity contribution >= 4 is 5.97 Å². The lowest BCUT2D eigenvalue weighted by Crippen LogP contribution is -2.17. The van der Waals surface area contributed by atoms with Crippen molar-refractivity contribution in [1.29, 1.82) is 0 Å². The third kappa shape index (κ3) is 1.68. The average molecular weight is 181 g/mol. The summed E-state index contributed by atoms with van der Waals surface area (Å²) in [5, 5.41) is 19.2. The number of H-pyrrole nitrogens is 1. The molecule has 1 atom stereocenters. The lowest BCUT2D eigenvalue weighted by Gasteiger charge is -2.17. The Morgan fingerprint density at radius 1 is 1.54 bits per heavy atom. The number of aryl methyl sites for hydroxylation is 1. The Kier molecular flexibility index (Phi) is 2.00. The van der Waals surface area contributed by atoms with E-state index in [1.54, 1.807) is 0 Å². The molecule has 0 saturated carbocycles. The minimum Gasteiger partial charge on any atom is -0.481 e. The van der Waals surface area contributed by atoms with E-state index in [0.717, 1.165) is 30.7 Å². The van der Waals surface area contributed by atoms with Crippen LogP contribution in [0.3, 0.4) is 0 Å². The minimum atomic E-state index is -0.725. The number of nitrogens with zero attached hydrogens (tertiary/aromatic N) is 2. The molecule has 1 heterocycles. The van der Waals surface area contributed by atoms with Gasteiger partial charge in [-0.3, -0.25) is 4.79 Å². The number of hydrogen-bond donors (Lipinski definition) is 2. The number of aromatic nitrogens is 3. The van der Waals surface area contributed by atoms with Gasteiger partial charge in [0.2, 0.25) is 0 Å². The van der Waals surface area contributed by atoms with Crippen LogP contribution < -0.4 is 0 Å². The number of carboxylic acids is 1. The third-order valence-corrected chi connectivity index (χ3v) is 2.44. The van der Waals surface area contributed by atoms with Gasteiger partial charge >= 0.3 is 5.97 Å². The van der Waals surface area contributed by atoms with E-state index in [-0.39, 0.29) is 12.3 Å². The van der Waals surface area contributed by atoms with E-state index in [4.69, 9.17) is 5.11 Å². The fraction of sp³-hybridized carbons (Fsp3) is 0.625. The molecule has 0 amide bonds. The zero-order valence-corrected chi connectivity index (χ0v) is 7.16. The van der Waals surface area contributed by atoms with Gasteiger partial charge in [-0.15, -0.1) is 0 Å². The fourth-order valence-electron chi connectivity index (χ4n) is 1.78. The molecule has 5 heteroatoms. The Hall–Kier alpha value is -1.39. The van der Waals surface area contributed by atoms with Crippen molar-refractivity contribution in [3.63, 3.8) is 0 Å². The van der Waals surface area contributed by atoms with Crippen LogP contribution in [0.4, 0.5) is 0 Å². The van der Waals surface area contributed by atoms with E-state index in [1.165, 1.54) is 0 Å². The van der Waals surface area contributed by atoms with Crippen molar-refractivity contribution in [3.05, 3.63) is 11.4 Å². The highest BCUT2D eigenvalue weighted by Crippen LogP contribution is 2.24. The fourth-order valence-corrected chi connectivity index (χ4v) is 1.78. The molecule has 0 fully saturated rings. The number of aliphatic carboxylic acids is 1. The summed E-state index contributed by atoms with van der Waals surface area (Å²) in [6.45, 7) is 0. The maximum absolute atomic E-state index is 10.5. The first-order valence-electron chi connectivity index (χ1n) is 4.36. The third-order valence-electron chi connectivity index (χ3n) is 2.44. The number of carboxylic acid groups (broad SMARTS) is 1. The Labute approximate surface area is 75.2 Å². The van der Waals surface area contributed by atoms with E-state index in [0.29, 0.717) is 0 Å². The molecule has 2 N–H and O–H groups in total. The van der Waals surface area contributed by atoms with E-state index in [2.05, 4.69) is 15.4 Å². The molecule has 1 aliphatic rings. The van der Waals surface area contributed by atoms with Gasteiger partial charge in [-0.25, -0.2) is 0 Å². The van der Waals surface area contributed by atoms with Crippen LogP contribution in [0.1, 0.15) is 24.2 Å². The van der Waals surface area contributed by atoms with E-state index >= 15 is 0 Å². The molecule has 0 bridgehead atoms. The van der Waals surface area contributed by atoms with Crippen molar-refractivity contribution in [1.82, 2.24) is 15.4 Å². The van der Waals surface area contributed by atoms with Crippen LogP contribution in [0.5, 0.6) is 0 Å². The van der Waals surface area contributed by atoms with Crippen LogP contribution in [0, 0.1) is 5.92 Å². The summed E-state index contributed by atoms with van der Waals surface area (Å²) in [6.07, 6.45) is 2.75. The van der Waals surface area contributed by atoms with Crippen LogP contribution in [-0.4, -0.2) is 26.5 Å². The molecule has 1 unspecified atom stereocenters. The molecule has 1 aromatic heterocycles. The predicted octanol–water partition coefficient (Wildman–Crippen LogP) is 0.384. The summed E-state index contributed by atoms with van der Waals surface area (Å²) >= 11 is 0. The Morgan fingerprint density at radius 3 is 3.08 bits per heavy atom. The summed E-state index contributed by atoms with van der Waals surface area (Å²) in [5.41, 5.74) is 1.94. The molecule has 0 radical (unpaired) electrons.